The Morgan fingerprint density at radius 1 is 1.29 bits per heavy atom. The van der Waals surface area contributed by atoms with Gasteiger partial charge in [-0.05, 0) is 44.1 Å². The van der Waals surface area contributed by atoms with Crippen molar-refractivity contribution in [3.63, 3.8) is 0 Å². The minimum Gasteiger partial charge on any atom is -0.478 e. The maximum atomic E-state index is 13.4. The second-order valence-electron chi connectivity index (χ2n) is 10.7. The zero-order valence-corrected chi connectivity index (χ0v) is 30.2. The number of β-lactam (4-membered cyclic amide) rings is 1. The quantitative estimate of drug-likeness (QED) is 0.0420. The van der Waals surface area contributed by atoms with E-state index in [0.29, 0.717) is 29.8 Å². The van der Waals surface area contributed by atoms with Gasteiger partial charge in [0.15, 0.2) is 10.8 Å². The Morgan fingerprint density at radius 3 is 2.63 bits per heavy atom. The van der Waals surface area contributed by atoms with Gasteiger partial charge in [-0.15, -0.1) is 11.8 Å². The minimum atomic E-state index is -1.83. The van der Waals surface area contributed by atoms with Gasteiger partial charge >= 0.3 is 17.6 Å². The molecule has 0 bridgehead atoms. The molecule has 0 aliphatic carbocycles. The first kappa shape index (κ1) is 36.9. The number of imidazole rings is 1. The summed E-state index contributed by atoms with van der Waals surface area (Å²) in [7, 11) is 1.83. The number of anilines is 1. The van der Waals surface area contributed by atoms with Gasteiger partial charge in [0, 0.05) is 17.9 Å². The first-order valence-corrected chi connectivity index (χ1v) is 17.7. The lowest BCUT2D eigenvalue weighted by Gasteiger charge is -2.49. The van der Waals surface area contributed by atoms with Crippen LogP contribution in [0.4, 0.5) is 5.13 Å². The summed E-state index contributed by atoms with van der Waals surface area (Å²) in [5.74, 6) is -3.96. The molecule has 6 N–H and O–H groups in total. The number of halogens is 4. The molecule has 1 fully saturated rings. The van der Waals surface area contributed by atoms with Crippen LogP contribution in [-0.4, -0.2) is 96.0 Å². The standard InChI is InChI=1S/C27H27Cl4N9O7S2/c1-11(23(43)44)47-37-15(14-18(28)49-26(32)35-14)20(41)34-16-21(42)40-17(24(45)46)12(10-48-22(16)40)9-38-7-3-5-13-19(38)36-25(27(29,30)31)39(13)8-4-6-33-2/h3,5,7,11,16,22,33H,4,6,8-10H2,1-2H3,(H4-,32,34,35,41,43,44,45,46)/p+1/b37-15-/t11-,16?,22?/m0/s1. The number of thiazole rings is 1. The molecule has 3 aromatic heterocycles. The van der Waals surface area contributed by atoms with Crippen LogP contribution in [0.25, 0.3) is 11.2 Å². The van der Waals surface area contributed by atoms with E-state index >= 15 is 0 Å². The molecule has 22 heteroatoms. The summed E-state index contributed by atoms with van der Waals surface area (Å²) in [6.45, 7) is 2.45. The van der Waals surface area contributed by atoms with Crippen LogP contribution in [0.15, 0.2) is 34.8 Å². The Labute approximate surface area is 306 Å². The van der Waals surface area contributed by atoms with E-state index in [1.807, 2.05) is 13.1 Å². The van der Waals surface area contributed by atoms with Crippen LogP contribution in [-0.2, 0) is 40.9 Å². The fourth-order valence-corrected chi connectivity index (χ4v) is 7.87. The number of rotatable bonds is 13. The first-order valence-electron chi connectivity index (χ1n) is 14.3. The number of alkyl halides is 3. The van der Waals surface area contributed by atoms with Gasteiger partial charge in [0.05, 0.1) is 6.20 Å². The molecule has 2 aliphatic rings. The topological polar surface area (TPSA) is 218 Å². The number of carbonyl (C=O) groups is 4. The normalized spacial score (nSPS) is 18.7. The number of carbonyl (C=O) groups excluding carboxylic acids is 2. The third kappa shape index (κ3) is 7.54. The van der Waals surface area contributed by atoms with Gasteiger partial charge in [-0.2, -0.15) is 0 Å². The number of hydrogen-bond donors (Lipinski definition) is 5. The molecule has 2 unspecified atom stereocenters. The van der Waals surface area contributed by atoms with Gasteiger partial charge in [-0.25, -0.2) is 19.1 Å². The first-order chi connectivity index (χ1) is 23.1. The number of nitrogens with two attached hydrogens (primary N) is 1. The maximum Gasteiger partial charge on any atom is 0.352 e. The zero-order valence-electron chi connectivity index (χ0n) is 25.5. The molecule has 5 rings (SSSR count). The van der Waals surface area contributed by atoms with Crippen LogP contribution in [0.2, 0.25) is 4.34 Å². The molecule has 16 nitrogen and oxygen atoms in total. The fourth-order valence-electron chi connectivity index (χ4n) is 5.17. The van der Waals surface area contributed by atoms with Crippen molar-refractivity contribution < 1.29 is 38.8 Å². The predicted octanol–water partition coefficient (Wildman–Crippen LogP) is 2.08. The van der Waals surface area contributed by atoms with Gasteiger partial charge in [-0.3, -0.25) is 19.1 Å². The van der Waals surface area contributed by atoms with Crippen LogP contribution < -0.4 is 20.9 Å². The summed E-state index contributed by atoms with van der Waals surface area (Å²) in [6, 6.07) is 2.42. The Bertz CT molecular complexity index is 1890. The maximum absolute atomic E-state index is 13.4. The summed E-state index contributed by atoms with van der Waals surface area (Å²) in [6.07, 6.45) is 1.00. The summed E-state index contributed by atoms with van der Waals surface area (Å²) in [5, 5.41) is 27.9. The van der Waals surface area contributed by atoms with Crippen molar-refractivity contribution in [2.45, 2.75) is 47.7 Å². The van der Waals surface area contributed by atoms with Crippen LogP contribution in [0.1, 0.15) is 24.9 Å². The van der Waals surface area contributed by atoms with Crippen LogP contribution in [0.3, 0.4) is 0 Å². The van der Waals surface area contributed by atoms with Crippen molar-refractivity contribution in [3.8, 4) is 0 Å². The highest BCUT2D eigenvalue weighted by molar-refractivity contribution is 8.00. The molecular weight excluding hydrogens is 768 g/mol. The summed E-state index contributed by atoms with van der Waals surface area (Å²) in [4.78, 5) is 65.3. The summed E-state index contributed by atoms with van der Waals surface area (Å²) in [5.41, 5.74) is 6.31. The molecule has 0 spiro atoms. The molecule has 3 aromatic rings. The van der Waals surface area contributed by atoms with E-state index in [-0.39, 0.29) is 39.0 Å². The molecule has 3 atom stereocenters. The van der Waals surface area contributed by atoms with E-state index in [2.05, 4.69) is 25.8 Å². The van der Waals surface area contributed by atoms with E-state index in [9.17, 15) is 24.3 Å². The Balaban J connectivity index is 1.42. The highest BCUT2D eigenvalue weighted by Crippen LogP contribution is 2.41. The van der Waals surface area contributed by atoms with E-state index in [0.717, 1.165) is 22.7 Å². The van der Waals surface area contributed by atoms with Crippen LogP contribution in [0.5, 0.6) is 0 Å². The average molecular weight is 797 g/mol. The summed E-state index contributed by atoms with van der Waals surface area (Å²) < 4.78 is 1.67. The van der Waals surface area contributed by atoms with Crippen molar-refractivity contribution in [1.29, 1.82) is 0 Å². The smallest absolute Gasteiger partial charge is 0.352 e. The number of oxime groups is 1. The van der Waals surface area contributed by atoms with E-state index in [1.54, 1.807) is 21.4 Å². The van der Waals surface area contributed by atoms with Gasteiger partial charge in [0.2, 0.25) is 6.10 Å². The van der Waals surface area contributed by atoms with Gasteiger partial charge in [0.1, 0.15) is 39.2 Å². The van der Waals surface area contributed by atoms with Crippen molar-refractivity contribution in [2.24, 2.45) is 5.16 Å². The second kappa shape index (κ2) is 14.8. The molecule has 0 radical (unpaired) electrons. The largest absolute Gasteiger partial charge is 0.478 e. The number of carboxylic acids is 2. The molecule has 2 aliphatic heterocycles. The Kier molecular flexibility index (Phi) is 11.2. The zero-order chi connectivity index (χ0) is 35.8. The number of nitrogens with one attached hydrogen (secondary N) is 2. The van der Waals surface area contributed by atoms with Gasteiger partial charge in [-0.1, -0.05) is 62.9 Å². The lowest BCUT2D eigenvalue weighted by molar-refractivity contribution is -0.664. The third-order valence-electron chi connectivity index (χ3n) is 7.43. The van der Waals surface area contributed by atoms with Crippen molar-refractivity contribution in [1.82, 2.24) is 30.1 Å². The molecule has 2 amide bonds. The van der Waals surface area contributed by atoms with Crippen molar-refractivity contribution in [2.75, 3.05) is 25.1 Å². The number of aryl methyl sites for hydroxylation is 1. The second-order valence-corrected chi connectivity index (χ2v) is 15.7. The Hall–Kier alpha value is -3.39. The lowest BCUT2D eigenvalue weighted by atomic mass is 10.0. The van der Waals surface area contributed by atoms with E-state index in [4.69, 9.17) is 62.1 Å². The van der Waals surface area contributed by atoms with Crippen molar-refractivity contribution in [3.05, 3.63) is 45.5 Å². The average Bonchev–Trinajstić information content (AvgIpc) is 3.59. The highest BCUT2D eigenvalue weighted by atomic mass is 35.6. The molecule has 1 saturated heterocycles. The Morgan fingerprint density at radius 2 is 2.02 bits per heavy atom. The molecule has 5 heterocycles. The number of pyridine rings is 1. The number of aromatic nitrogens is 4. The predicted molar refractivity (Wildman–Crippen MR) is 184 cm³/mol. The number of nitrogen functional groups attached to an aromatic ring is 1. The molecule has 0 saturated carbocycles. The summed E-state index contributed by atoms with van der Waals surface area (Å²) >= 11 is 27.1. The number of amides is 2. The molecule has 49 heavy (non-hydrogen) atoms. The number of aliphatic carboxylic acids is 2. The van der Waals surface area contributed by atoms with Gasteiger partial charge in [0.25, 0.3) is 21.4 Å². The van der Waals surface area contributed by atoms with Crippen LogP contribution in [0, 0.1) is 0 Å². The minimum absolute atomic E-state index is 0.00178. The highest BCUT2D eigenvalue weighted by Gasteiger charge is 2.55. The number of hydrogen-bond acceptors (Lipinski definition) is 12. The monoisotopic (exact) mass is 794 g/mol. The molecule has 0 aromatic carbocycles. The number of nitrogens with zero attached hydrogens (tertiary/aromatic N) is 6. The third-order valence-corrected chi connectivity index (χ3v) is 10.4. The molecular formula is C27H28Cl4N9O7S2+. The van der Waals surface area contributed by atoms with Crippen molar-refractivity contribution >= 4 is 115 Å². The SMILES string of the molecule is CNCCCn1c(C(Cl)(Cl)Cl)nc2c1ccc[n+]2CC1=C(C(=O)O)N2C(=O)C(NC(=O)/C(=N\O[C@@H](C)C(=O)O)c3nc(N)sc3Cl)C2SC1. The molecule has 262 valence electrons. The van der Waals surface area contributed by atoms with Gasteiger partial charge < -0.3 is 31.4 Å². The fraction of sp³-hybridized carbons (Fsp3) is 0.407. The number of thioether (sulfide) groups is 1. The van der Waals surface area contributed by atoms with E-state index in [1.165, 1.54) is 18.7 Å². The number of fused-ring (bicyclic) bond motifs is 2. The number of carboxylic acid groups (broad SMARTS) is 2. The van der Waals surface area contributed by atoms with E-state index < -0.39 is 50.8 Å². The lowest BCUT2D eigenvalue weighted by Crippen LogP contribution is -2.71. The van der Waals surface area contributed by atoms with Crippen LogP contribution >= 0.6 is 69.5 Å².